The molecule has 0 bridgehead atoms. The van der Waals surface area contributed by atoms with Crippen molar-refractivity contribution in [1.29, 1.82) is 0 Å². The fourth-order valence-electron chi connectivity index (χ4n) is 9.98. The first kappa shape index (κ1) is 33.5. The maximum atomic E-state index is 2.57. The van der Waals surface area contributed by atoms with Crippen molar-refractivity contribution in [2.24, 2.45) is 0 Å². The van der Waals surface area contributed by atoms with E-state index < -0.39 is 0 Å². The largest absolute Gasteiger partial charge is 0.312 e. The smallest absolute Gasteiger partial charge is 0.0779 e. The van der Waals surface area contributed by atoms with E-state index in [0.29, 0.717) is 0 Å². The summed E-state index contributed by atoms with van der Waals surface area (Å²) in [7, 11) is 0. The van der Waals surface area contributed by atoms with Crippen LogP contribution in [0, 0.1) is 6.92 Å². The predicted octanol–water partition coefficient (Wildman–Crippen LogP) is 14.1. The molecule has 57 heavy (non-hydrogen) atoms. The molecule has 0 radical (unpaired) electrons. The number of benzene rings is 6. The highest BCUT2D eigenvalue weighted by molar-refractivity contribution is 6.13. The Labute approximate surface area is 333 Å². The molecule has 2 aliphatic rings. The minimum absolute atomic E-state index is 0.197. The van der Waals surface area contributed by atoms with Crippen molar-refractivity contribution < 1.29 is 0 Å². The lowest BCUT2D eigenvalue weighted by molar-refractivity contribution is 0.834. The van der Waals surface area contributed by atoms with Crippen LogP contribution < -0.4 is 0 Å². The summed E-state index contributed by atoms with van der Waals surface area (Å²) < 4.78 is 7.60. The number of para-hydroxylation sites is 3. The van der Waals surface area contributed by atoms with E-state index in [2.05, 4.69) is 210 Å². The van der Waals surface area contributed by atoms with Crippen LogP contribution in [0.15, 0.2) is 170 Å². The van der Waals surface area contributed by atoms with Crippen molar-refractivity contribution in [2.45, 2.75) is 39.0 Å². The van der Waals surface area contributed by atoms with Gasteiger partial charge in [-0.25, -0.2) is 0 Å². The summed E-state index contributed by atoms with van der Waals surface area (Å²) >= 11 is 0. The molecule has 0 aliphatic heterocycles. The van der Waals surface area contributed by atoms with E-state index in [1.54, 1.807) is 0 Å². The fraction of sp³-hybridized carbons (Fsp3) is 0.111. The van der Waals surface area contributed by atoms with Crippen molar-refractivity contribution in [1.82, 2.24) is 13.7 Å². The van der Waals surface area contributed by atoms with Gasteiger partial charge in [0.15, 0.2) is 0 Å². The quantitative estimate of drug-likeness (QED) is 0.162. The Kier molecular flexibility index (Phi) is 7.89. The molecule has 274 valence electrons. The van der Waals surface area contributed by atoms with Crippen LogP contribution >= 0.6 is 0 Å². The van der Waals surface area contributed by atoms with E-state index >= 15 is 0 Å². The number of aryl methyl sites for hydroxylation is 1. The van der Waals surface area contributed by atoms with E-state index in [-0.39, 0.29) is 5.92 Å². The lowest BCUT2D eigenvalue weighted by Gasteiger charge is -2.28. The molecule has 11 rings (SSSR count). The summed E-state index contributed by atoms with van der Waals surface area (Å²) in [5, 5.41) is 5.12. The zero-order valence-electron chi connectivity index (χ0n) is 32.4. The van der Waals surface area contributed by atoms with Gasteiger partial charge in [0.1, 0.15) is 0 Å². The zero-order valence-corrected chi connectivity index (χ0v) is 32.4. The molecule has 3 heteroatoms. The average Bonchev–Trinajstić information content (AvgIpc) is 3.89. The molecule has 0 fully saturated rings. The number of aromatic nitrogens is 3. The van der Waals surface area contributed by atoms with E-state index in [1.807, 2.05) is 0 Å². The summed E-state index contributed by atoms with van der Waals surface area (Å²) in [5.74, 6) is 0.197. The predicted molar refractivity (Wildman–Crippen MR) is 242 cm³/mol. The summed E-state index contributed by atoms with van der Waals surface area (Å²) in [5.41, 5.74) is 17.7. The molecule has 3 aromatic heterocycles. The van der Waals surface area contributed by atoms with Crippen LogP contribution in [0.1, 0.15) is 59.3 Å². The normalized spacial score (nSPS) is 15.6. The van der Waals surface area contributed by atoms with E-state index in [0.717, 1.165) is 24.9 Å². The number of hydrogen-bond donors (Lipinski definition) is 0. The van der Waals surface area contributed by atoms with Crippen LogP contribution in [0.25, 0.3) is 78.4 Å². The van der Waals surface area contributed by atoms with E-state index in [4.69, 9.17) is 0 Å². The molecule has 0 saturated heterocycles. The van der Waals surface area contributed by atoms with E-state index in [1.165, 1.54) is 94.2 Å². The second-order valence-corrected chi connectivity index (χ2v) is 15.5. The monoisotopic (exact) mass is 733 g/mol. The Hall–Kier alpha value is -6.84. The molecule has 6 aromatic carbocycles. The molecule has 0 amide bonds. The van der Waals surface area contributed by atoms with Gasteiger partial charge < -0.3 is 13.7 Å². The third kappa shape index (κ3) is 5.12. The van der Waals surface area contributed by atoms with Crippen molar-refractivity contribution >= 4 is 67.0 Å². The van der Waals surface area contributed by atoms with Gasteiger partial charge in [0.05, 0.1) is 27.8 Å². The highest BCUT2D eigenvalue weighted by Gasteiger charge is 2.28. The molecule has 0 saturated carbocycles. The van der Waals surface area contributed by atoms with Crippen LogP contribution in [0.3, 0.4) is 0 Å². The Morgan fingerprint density at radius 3 is 2.11 bits per heavy atom. The van der Waals surface area contributed by atoms with Gasteiger partial charge in [-0.2, -0.15) is 0 Å². The fourth-order valence-corrected chi connectivity index (χ4v) is 9.98. The van der Waals surface area contributed by atoms with Gasteiger partial charge in [-0.15, -0.1) is 0 Å². The molecular formula is C54H43N3. The SMILES string of the molecule is C/C=C\c1c(C)n(-c2ccc3c(c2)c2ccccc2n3C2=C(c3ccccc3)C=CCC2c2ccccc2)c2c(-n3c4c(c5ccccc53)CCC=C4)cccc12. The van der Waals surface area contributed by atoms with E-state index in [9.17, 15) is 0 Å². The van der Waals surface area contributed by atoms with Crippen molar-refractivity contribution in [3.63, 3.8) is 0 Å². The maximum Gasteiger partial charge on any atom is 0.0779 e. The maximum absolute atomic E-state index is 2.57. The second kappa shape index (κ2) is 13.4. The first-order valence-electron chi connectivity index (χ1n) is 20.3. The van der Waals surface area contributed by atoms with Gasteiger partial charge in [0, 0.05) is 61.4 Å². The van der Waals surface area contributed by atoms with Crippen LogP contribution in [-0.4, -0.2) is 13.7 Å². The third-order valence-electron chi connectivity index (χ3n) is 12.4. The van der Waals surface area contributed by atoms with Crippen LogP contribution in [0.5, 0.6) is 0 Å². The number of allylic oxidation sites excluding steroid dienone is 6. The number of fused-ring (bicyclic) bond motifs is 7. The lowest BCUT2D eigenvalue weighted by Crippen LogP contribution is -2.13. The zero-order chi connectivity index (χ0) is 38.0. The first-order chi connectivity index (χ1) is 28.2. The van der Waals surface area contributed by atoms with Crippen molar-refractivity contribution in [3.8, 4) is 11.4 Å². The Balaban J connectivity index is 1.20. The van der Waals surface area contributed by atoms with Crippen LogP contribution in [0.4, 0.5) is 0 Å². The Bertz CT molecular complexity index is 3160. The molecular weight excluding hydrogens is 691 g/mol. The van der Waals surface area contributed by atoms with Gasteiger partial charge in [0.2, 0.25) is 0 Å². The molecule has 0 N–H and O–H groups in total. The standard InChI is InChI=1S/C54H43N3/c1-3-18-40-36(2)55(54-46(40)28-17-32-52(54)56-48-29-13-10-23-43(48)44-24-11-14-30-49(44)56)39-33-34-51-47(35-39)45-25-12-15-31-50(45)57(51)53-41(37-19-6-4-7-20-37)26-16-27-42(53)38-21-8-5-9-22-38/h3-10,12-23,25-26,28-35,42H,11,24,27H2,1-2H3/b18-3-. The molecule has 3 nitrogen and oxygen atoms in total. The van der Waals surface area contributed by atoms with Gasteiger partial charge in [-0.3, -0.25) is 0 Å². The third-order valence-corrected chi connectivity index (χ3v) is 12.4. The second-order valence-electron chi connectivity index (χ2n) is 15.5. The molecule has 2 aliphatic carbocycles. The minimum Gasteiger partial charge on any atom is -0.312 e. The molecule has 3 heterocycles. The van der Waals surface area contributed by atoms with Crippen LogP contribution in [0.2, 0.25) is 0 Å². The molecule has 1 atom stereocenters. The van der Waals surface area contributed by atoms with Gasteiger partial charge in [-0.1, -0.05) is 140 Å². The topological polar surface area (TPSA) is 14.8 Å². The Morgan fingerprint density at radius 1 is 0.596 bits per heavy atom. The van der Waals surface area contributed by atoms with Gasteiger partial charge >= 0.3 is 0 Å². The summed E-state index contributed by atoms with van der Waals surface area (Å²) in [6.45, 7) is 4.40. The van der Waals surface area contributed by atoms with Crippen LogP contribution in [-0.2, 0) is 6.42 Å². The lowest BCUT2D eigenvalue weighted by atomic mass is 9.83. The van der Waals surface area contributed by atoms with Crippen molar-refractivity contribution in [2.75, 3.05) is 0 Å². The molecule has 0 spiro atoms. The number of rotatable bonds is 6. The average molecular weight is 734 g/mol. The highest BCUT2D eigenvalue weighted by atomic mass is 15.1. The van der Waals surface area contributed by atoms with Gasteiger partial charge in [-0.05, 0) is 92.3 Å². The number of hydrogen-bond acceptors (Lipinski definition) is 0. The summed E-state index contributed by atoms with van der Waals surface area (Å²) in [6.07, 6.45) is 16.9. The molecule has 9 aromatic rings. The first-order valence-corrected chi connectivity index (χ1v) is 20.3. The van der Waals surface area contributed by atoms with Gasteiger partial charge in [0.25, 0.3) is 0 Å². The highest BCUT2D eigenvalue weighted by Crippen LogP contribution is 2.46. The summed E-state index contributed by atoms with van der Waals surface area (Å²) in [4.78, 5) is 0. The summed E-state index contributed by atoms with van der Waals surface area (Å²) in [6, 6.07) is 53.9. The Morgan fingerprint density at radius 2 is 1.30 bits per heavy atom. The number of nitrogens with zero attached hydrogens (tertiary/aromatic N) is 3. The molecule has 1 unspecified atom stereocenters. The minimum atomic E-state index is 0.197. The van der Waals surface area contributed by atoms with Crippen molar-refractivity contribution in [3.05, 3.63) is 204 Å².